The van der Waals surface area contributed by atoms with E-state index in [9.17, 15) is 9.59 Å². The van der Waals surface area contributed by atoms with E-state index in [-0.39, 0.29) is 17.8 Å². The minimum atomic E-state index is -0.676. The third kappa shape index (κ3) is 5.03. The molecule has 0 aliphatic carbocycles. The number of amides is 2. The van der Waals surface area contributed by atoms with Gasteiger partial charge in [-0.1, -0.05) is 18.2 Å². The van der Waals surface area contributed by atoms with E-state index in [1.54, 1.807) is 18.2 Å². The van der Waals surface area contributed by atoms with Crippen LogP contribution in [0, 0.1) is 0 Å². The molecule has 0 bridgehead atoms. The number of H-pyrrole nitrogens is 1. The van der Waals surface area contributed by atoms with Gasteiger partial charge in [-0.2, -0.15) is 0 Å². The van der Waals surface area contributed by atoms with Crippen LogP contribution in [0.25, 0.3) is 11.0 Å². The van der Waals surface area contributed by atoms with Gasteiger partial charge in [-0.05, 0) is 43.7 Å². The van der Waals surface area contributed by atoms with Gasteiger partial charge in [0.2, 0.25) is 0 Å². The van der Waals surface area contributed by atoms with E-state index in [0.717, 1.165) is 42.4 Å². The summed E-state index contributed by atoms with van der Waals surface area (Å²) in [5, 5.41) is 3.45. The summed E-state index contributed by atoms with van der Waals surface area (Å²) in [5.41, 5.74) is 8.89. The van der Waals surface area contributed by atoms with Gasteiger partial charge in [-0.15, -0.1) is 11.3 Å². The number of thiazole rings is 1. The third-order valence-corrected chi connectivity index (χ3v) is 6.72. The highest BCUT2D eigenvalue weighted by Crippen LogP contribution is 2.30. The second-order valence-electron chi connectivity index (χ2n) is 8.77. The Labute approximate surface area is 206 Å². The lowest BCUT2D eigenvalue weighted by Gasteiger charge is -2.25. The van der Waals surface area contributed by atoms with Crippen molar-refractivity contribution in [3.8, 4) is 5.75 Å². The lowest BCUT2D eigenvalue weighted by molar-refractivity contribution is 0.0989. The number of imidazole rings is 1. The first-order chi connectivity index (χ1) is 16.9. The largest absolute Gasteiger partial charge is 0.491 e. The molecule has 5 rings (SSSR count). The van der Waals surface area contributed by atoms with Crippen LogP contribution in [0.2, 0.25) is 0 Å². The Bertz CT molecular complexity index is 1390. The van der Waals surface area contributed by atoms with E-state index in [1.165, 1.54) is 16.9 Å². The maximum absolute atomic E-state index is 13.0. The molecular formula is C25H26N6O3S. The highest BCUT2D eigenvalue weighted by molar-refractivity contribution is 7.15. The average Bonchev–Trinajstić information content (AvgIpc) is 3.43. The number of hydrogen-bond acceptors (Lipinski definition) is 7. The highest BCUT2D eigenvalue weighted by atomic mass is 32.1. The summed E-state index contributed by atoms with van der Waals surface area (Å²) in [5.74, 6) is -0.106. The molecule has 2 aromatic carbocycles. The van der Waals surface area contributed by atoms with Gasteiger partial charge >= 0.3 is 0 Å². The number of nitrogens with zero attached hydrogens (tertiary/aromatic N) is 3. The maximum Gasteiger partial charge on any atom is 0.284 e. The van der Waals surface area contributed by atoms with Crippen LogP contribution < -0.4 is 15.8 Å². The smallest absolute Gasteiger partial charge is 0.284 e. The van der Waals surface area contributed by atoms with E-state index >= 15 is 0 Å². The molecule has 0 saturated carbocycles. The number of hydrogen-bond donors (Lipinski definition) is 3. The van der Waals surface area contributed by atoms with Gasteiger partial charge in [-0.25, -0.2) is 9.97 Å². The minimum absolute atomic E-state index is 0.0205. The molecule has 0 atom stereocenters. The zero-order chi connectivity index (χ0) is 24.5. The second kappa shape index (κ2) is 9.47. The lowest BCUT2D eigenvalue weighted by atomic mass is 10.1. The molecule has 0 fully saturated rings. The fraction of sp³-hybridized carbons (Fsp3) is 0.280. The molecule has 10 heteroatoms. The molecule has 0 saturated heterocycles. The Kier molecular flexibility index (Phi) is 6.23. The Morgan fingerprint density at radius 3 is 2.74 bits per heavy atom. The standard InChI is InChI=1S/C25H26N6O3S/c1-14(2)34-16-8-6-15(7-9-16)12-31-11-10-18-20(13-31)35-25(28-18)30-24(33)17-4-3-5-19-21(17)29-23(27-19)22(26)32/h3-9,14H,10-13H2,1-2H3,(H2,26,32)(H,27,29)(H,28,30,33). The predicted molar refractivity (Wildman–Crippen MR) is 135 cm³/mol. The SMILES string of the molecule is CC(C)Oc1ccc(CN2CCc3nc(NC(=O)c4cccc5[nH]c(C(N)=O)nc45)sc3C2)cc1. The Morgan fingerprint density at radius 1 is 1.20 bits per heavy atom. The molecule has 1 aliphatic rings. The summed E-state index contributed by atoms with van der Waals surface area (Å²) < 4.78 is 5.73. The number of primary amides is 1. The van der Waals surface area contributed by atoms with E-state index in [4.69, 9.17) is 10.5 Å². The van der Waals surface area contributed by atoms with Crippen molar-refractivity contribution in [2.75, 3.05) is 11.9 Å². The van der Waals surface area contributed by atoms with Crippen LogP contribution in [-0.2, 0) is 19.5 Å². The fourth-order valence-corrected chi connectivity index (χ4v) is 5.18. The first-order valence-electron chi connectivity index (χ1n) is 11.4. The van der Waals surface area contributed by atoms with Crippen LogP contribution in [0.3, 0.4) is 0 Å². The normalized spacial score (nSPS) is 13.7. The highest BCUT2D eigenvalue weighted by Gasteiger charge is 2.23. The van der Waals surface area contributed by atoms with Crippen LogP contribution in [0.15, 0.2) is 42.5 Å². The van der Waals surface area contributed by atoms with E-state index < -0.39 is 5.91 Å². The van der Waals surface area contributed by atoms with Crippen molar-refractivity contribution < 1.29 is 14.3 Å². The lowest BCUT2D eigenvalue weighted by Crippen LogP contribution is -2.29. The second-order valence-corrected chi connectivity index (χ2v) is 9.85. The van der Waals surface area contributed by atoms with Crippen molar-refractivity contribution in [3.63, 3.8) is 0 Å². The molecule has 2 amide bonds. The average molecular weight is 491 g/mol. The summed E-state index contributed by atoms with van der Waals surface area (Å²) in [6.07, 6.45) is 0.981. The van der Waals surface area contributed by atoms with Crippen LogP contribution >= 0.6 is 11.3 Å². The number of nitrogens with two attached hydrogens (primary N) is 1. The summed E-state index contributed by atoms with van der Waals surface area (Å²) in [6, 6.07) is 13.4. The fourth-order valence-electron chi connectivity index (χ4n) is 4.14. The number of ether oxygens (including phenoxy) is 1. The van der Waals surface area contributed by atoms with E-state index in [1.807, 2.05) is 26.0 Å². The number of aromatic amines is 1. The Balaban J connectivity index is 1.26. The molecule has 0 unspecified atom stereocenters. The molecule has 0 spiro atoms. The summed E-state index contributed by atoms with van der Waals surface area (Å²) in [7, 11) is 0. The van der Waals surface area contributed by atoms with Crippen molar-refractivity contribution in [2.45, 2.75) is 39.5 Å². The first-order valence-corrected chi connectivity index (χ1v) is 12.2. The van der Waals surface area contributed by atoms with Crippen LogP contribution in [0.1, 0.15) is 51.0 Å². The van der Waals surface area contributed by atoms with Crippen LogP contribution in [-0.4, -0.2) is 44.3 Å². The van der Waals surface area contributed by atoms with Crippen molar-refractivity contribution >= 4 is 39.3 Å². The summed E-state index contributed by atoms with van der Waals surface area (Å²) >= 11 is 1.49. The van der Waals surface area contributed by atoms with Crippen LogP contribution in [0.4, 0.5) is 5.13 Å². The van der Waals surface area contributed by atoms with Gasteiger partial charge < -0.3 is 15.5 Å². The van der Waals surface area contributed by atoms with Gasteiger partial charge in [0, 0.05) is 30.9 Å². The number of benzene rings is 2. The molecule has 4 N–H and O–H groups in total. The number of anilines is 1. The molecule has 180 valence electrons. The number of nitrogens with one attached hydrogen (secondary N) is 2. The Morgan fingerprint density at radius 2 is 2.00 bits per heavy atom. The van der Waals surface area contributed by atoms with Gasteiger partial charge in [0.05, 0.1) is 22.9 Å². The van der Waals surface area contributed by atoms with Gasteiger partial charge in [-0.3, -0.25) is 19.8 Å². The van der Waals surface area contributed by atoms with E-state index in [2.05, 4.69) is 37.3 Å². The Hall–Kier alpha value is -3.76. The van der Waals surface area contributed by atoms with Gasteiger partial charge in [0.1, 0.15) is 11.3 Å². The van der Waals surface area contributed by atoms with Crippen molar-refractivity contribution in [1.82, 2.24) is 19.9 Å². The number of para-hydroxylation sites is 1. The van der Waals surface area contributed by atoms with Crippen LogP contribution in [0.5, 0.6) is 5.75 Å². The molecule has 0 radical (unpaired) electrons. The molecular weight excluding hydrogens is 464 g/mol. The first kappa shape index (κ1) is 23.0. The summed E-state index contributed by atoms with van der Waals surface area (Å²) in [6.45, 7) is 6.55. The number of aromatic nitrogens is 3. The van der Waals surface area contributed by atoms with Crippen molar-refractivity contribution in [2.24, 2.45) is 5.73 Å². The number of fused-ring (bicyclic) bond motifs is 2. The summed E-state index contributed by atoms with van der Waals surface area (Å²) in [4.78, 5) is 39.6. The topological polar surface area (TPSA) is 126 Å². The number of carbonyl (C=O) groups is 2. The van der Waals surface area contributed by atoms with Gasteiger partial charge in [0.25, 0.3) is 11.8 Å². The third-order valence-electron chi connectivity index (χ3n) is 5.72. The predicted octanol–water partition coefficient (Wildman–Crippen LogP) is 3.72. The number of rotatable bonds is 7. The molecule has 3 heterocycles. The molecule has 4 aromatic rings. The monoisotopic (exact) mass is 490 g/mol. The molecule has 9 nitrogen and oxygen atoms in total. The number of carbonyl (C=O) groups excluding carboxylic acids is 2. The zero-order valence-corrected chi connectivity index (χ0v) is 20.3. The van der Waals surface area contributed by atoms with Crippen molar-refractivity contribution in [3.05, 3.63) is 70.0 Å². The van der Waals surface area contributed by atoms with Crippen molar-refractivity contribution in [1.29, 1.82) is 0 Å². The minimum Gasteiger partial charge on any atom is -0.491 e. The quantitative estimate of drug-likeness (QED) is 0.362. The maximum atomic E-state index is 13.0. The molecule has 35 heavy (non-hydrogen) atoms. The van der Waals surface area contributed by atoms with Gasteiger partial charge in [0.15, 0.2) is 11.0 Å². The zero-order valence-electron chi connectivity index (χ0n) is 19.5. The van der Waals surface area contributed by atoms with E-state index in [0.29, 0.717) is 21.7 Å². The molecule has 2 aromatic heterocycles. The molecule has 1 aliphatic heterocycles.